The van der Waals surface area contributed by atoms with Crippen molar-refractivity contribution in [2.45, 2.75) is 26.8 Å². The van der Waals surface area contributed by atoms with Gasteiger partial charge < -0.3 is 9.84 Å². The van der Waals surface area contributed by atoms with Gasteiger partial charge in [-0.25, -0.2) is 13.9 Å². The van der Waals surface area contributed by atoms with Crippen molar-refractivity contribution in [1.29, 1.82) is 0 Å². The van der Waals surface area contributed by atoms with Crippen molar-refractivity contribution >= 4 is 11.7 Å². The molecule has 0 fully saturated rings. The van der Waals surface area contributed by atoms with E-state index in [0.29, 0.717) is 28.6 Å². The fourth-order valence-corrected chi connectivity index (χ4v) is 2.87. The molecule has 8 nitrogen and oxygen atoms in total. The monoisotopic (exact) mass is 380 g/mol. The van der Waals surface area contributed by atoms with Crippen LogP contribution in [0, 0.1) is 19.7 Å². The lowest BCUT2D eigenvalue weighted by molar-refractivity contribution is -0.120. The molecule has 0 aliphatic carbocycles. The van der Waals surface area contributed by atoms with E-state index in [1.54, 1.807) is 28.8 Å². The minimum atomic E-state index is -0.386. The quantitative estimate of drug-likeness (QED) is 0.571. The molecule has 0 saturated heterocycles. The van der Waals surface area contributed by atoms with Crippen LogP contribution in [0.3, 0.4) is 0 Å². The summed E-state index contributed by atoms with van der Waals surface area (Å²) in [5.74, 6) is 0.605. The van der Waals surface area contributed by atoms with E-state index in [1.165, 1.54) is 6.07 Å². The average molecular weight is 380 g/mol. The maximum absolute atomic E-state index is 13.8. The summed E-state index contributed by atoms with van der Waals surface area (Å²) in [4.78, 5) is 20.8. The predicted molar refractivity (Wildman–Crippen MR) is 97.7 cm³/mol. The molecule has 0 atom stereocenters. The van der Waals surface area contributed by atoms with Crippen molar-refractivity contribution in [3.05, 3.63) is 65.2 Å². The van der Waals surface area contributed by atoms with Crippen LogP contribution in [0.1, 0.15) is 23.0 Å². The molecule has 4 rings (SSSR count). The minimum absolute atomic E-state index is 0.0101. The van der Waals surface area contributed by atoms with Crippen molar-refractivity contribution in [1.82, 2.24) is 30.1 Å². The Morgan fingerprint density at radius 3 is 2.86 bits per heavy atom. The minimum Gasteiger partial charge on any atom is -0.359 e. The fourth-order valence-electron chi connectivity index (χ4n) is 2.87. The third-order valence-corrected chi connectivity index (χ3v) is 4.15. The number of hydrogen-bond donors (Lipinski definition) is 1. The summed E-state index contributed by atoms with van der Waals surface area (Å²) in [5, 5.41) is 10.9. The van der Waals surface area contributed by atoms with Gasteiger partial charge in [0.2, 0.25) is 5.91 Å². The van der Waals surface area contributed by atoms with E-state index in [9.17, 15) is 9.18 Å². The van der Waals surface area contributed by atoms with Gasteiger partial charge >= 0.3 is 0 Å². The van der Waals surface area contributed by atoms with Crippen LogP contribution in [0.15, 0.2) is 40.9 Å². The highest BCUT2D eigenvalue weighted by Crippen LogP contribution is 2.22. The molecule has 142 valence electrons. The van der Waals surface area contributed by atoms with Gasteiger partial charge in [-0.1, -0.05) is 17.3 Å². The molecule has 0 radical (unpaired) electrons. The SMILES string of the molecule is Cc1cc(C)n2nc(CC(=O)NCc3cc(-c4ccccc4F)no3)nc2n1. The summed E-state index contributed by atoms with van der Waals surface area (Å²) in [6.07, 6.45) is 0.0101. The van der Waals surface area contributed by atoms with Gasteiger partial charge in [0.25, 0.3) is 5.78 Å². The van der Waals surface area contributed by atoms with E-state index >= 15 is 0 Å². The Balaban J connectivity index is 1.40. The Morgan fingerprint density at radius 1 is 1.21 bits per heavy atom. The molecule has 0 saturated carbocycles. The van der Waals surface area contributed by atoms with E-state index in [0.717, 1.165) is 11.4 Å². The lowest BCUT2D eigenvalue weighted by Gasteiger charge is -1.99. The summed E-state index contributed by atoms with van der Waals surface area (Å²) in [6, 6.07) is 9.77. The van der Waals surface area contributed by atoms with Crippen molar-refractivity contribution in [2.24, 2.45) is 0 Å². The van der Waals surface area contributed by atoms with Crippen LogP contribution in [-0.2, 0) is 17.8 Å². The zero-order chi connectivity index (χ0) is 19.7. The van der Waals surface area contributed by atoms with Gasteiger partial charge in [0.05, 0.1) is 13.0 Å². The van der Waals surface area contributed by atoms with Crippen LogP contribution in [0.5, 0.6) is 0 Å². The van der Waals surface area contributed by atoms with Crippen molar-refractivity contribution in [3.63, 3.8) is 0 Å². The number of nitrogens with zero attached hydrogens (tertiary/aromatic N) is 5. The third kappa shape index (κ3) is 3.59. The van der Waals surface area contributed by atoms with E-state index in [1.807, 2.05) is 19.9 Å². The number of fused-ring (bicyclic) bond motifs is 1. The van der Waals surface area contributed by atoms with Crippen molar-refractivity contribution in [3.8, 4) is 11.3 Å². The Hall–Kier alpha value is -3.62. The number of hydrogen-bond acceptors (Lipinski definition) is 6. The largest absolute Gasteiger partial charge is 0.359 e. The van der Waals surface area contributed by atoms with Gasteiger partial charge in [-0.3, -0.25) is 4.79 Å². The first-order chi connectivity index (χ1) is 13.5. The number of carbonyl (C=O) groups is 1. The molecule has 0 bridgehead atoms. The van der Waals surface area contributed by atoms with E-state index < -0.39 is 0 Å². The Kier molecular flexibility index (Phi) is 4.56. The molecule has 0 unspecified atom stereocenters. The second-order valence-corrected chi connectivity index (χ2v) is 6.39. The molecule has 1 N–H and O–H groups in total. The zero-order valence-electron chi connectivity index (χ0n) is 15.3. The van der Waals surface area contributed by atoms with Crippen LogP contribution in [0.25, 0.3) is 17.0 Å². The third-order valence-electron chi connectivity index (χ3n) is 4.15. The van der Waals surface area contributed by atoms with Gasteiger partial charge in [-0.2, -0.15) is 4.98 Å². The molecular weight excluding hydrogens is 363 g/mol. The molecule has 28 heavy (non-hydrogen) atoms. The highest BCUT2D eigenvalue weighted by molar-refractivity contribution is 5.77. The lowest BCUT2D eigenvalue weighted by atomic mass is 10.1. The van der Waals surface area contributed by atoms with Crippen molar-refractivity contribution in [2.75, 3.05) is 0 Å². The van der Waals surface area contributed by atoms with E-state index in [4.69, 9.17) is 4.52 Å². The molecule has 0 spiro atoms. The first kappa shape index (κ1) is 17.8. The molecule has 3 heterocycles. The highest BCUT2D eigenvalue weighted by Gasteiger charge is 2.14. The molecule has 1 amide bonds. The summed E-state index contributed by atoms with van der Waals surface area (Å²) < 4.78 is 20.6. The first-order valence-corrected chi connectivity index (χ1v) is 8.66. The maximum atomic E-state index is 13.8. The Bertz CT molecular complexity index is 1170. The number of benzene rings is 1. The normalized spacial score (nSPS) is 11.1. The molecule has 0 aliphatic rings. The molecule has 0 aliphatic heterocycles. The van der Waals surface area contributed by atoms with Crippen LogP contribution >= 0.6 is 0 Å². The number of aromatic nitrogens is 5. The predicted octanol–water partition coefficient (Wildman–Crippen LogP) is 2.39. The number of rotatable bonds is 5. The van der Waals surface area contributed by atoms with Crippen LogP contribution in [0.2, 0.25) is 0 Å². The summed E-state index contributed by atoms with van der Waals surface area (Å²) in [7, 11) is 0. The van der Waals surface area contributed by atoms with Crippen LogP contribution < -0.4 is 5.32 Å². The van der Waals surface area contributed by atoms with Gasteiger partial charge in [0.1, 0.15) is 11.5 Å². The number of carbonyl (C=O) groups excluding carboxylic acids is 1. The standard InChI is InChI=1S/C19H17FN6O2/c1-11-7-12(2)26-19(22-11)23-17(24-26)9-18(27)21-10-13-8-16(25-28-13)14-5-3-4-6-15(14)20/h3-8H,9-10H2,1-2H3,(H,21,27). The van der Waals surface area contributed by atoms with Crippen LogP contribution in [0.4, 0.5) is 4.39 Å². The summed E-state index contributed by atoms with van der Waals surface area (Å²) in [5.41, 5.74) is 2.45. The molecule has 4 aromatic rings. The number of aryl methyl sites for hydroxylation is 2. The van der Waals surface area contributed by atoms with Crippen LogP contribution in [-0.4, -0.2) is 30.6 Å². The molecule has 9 heteroatoms. The van der Waals surface area contributed by atoms with Gasteiger partial charge in [0.15, 0.2) is 11.6 Å². The second kappa shape index (κ2) is 7.18. The molecular formula is C19H17FN6O2. The van der Waals surface area contributed by atoms with Crippen molar-refractivity contribution < 1.29 is 13.7 Å². The first-order valence-electron chi connectivity index (χ1n) is 8.66. The molecule has 1 aromatic carbocycles. The number of amides is 1. The van der Waals surface area contributed by atoms with Gasteiger partial charge in [-0.05, 0) is 32.0 Å². The summed E-state index contributed by atoms with van der Waals surface area (Å²) in [6.45, 7) is 3.91. The summed E-state index contributed by atoms with van der Waals surface area (Å²) >= 11 is 0. The molecule has 3 aromatic heterocycles. The topological polar surface area (TPSA) is 98.2 Å². The number of halogens is 1. The Morgan fingerprint density at radius 2 is 2.04 bits per heavy atom. The lowest BCUT2D eigenvalue weighted by Crippen LogP contribution is -2.24. The highest BCUT2D eigenvalue weighted by atomic mass is 19.1. The second-order valence-electron chi connectivity index (χ2n) is 6.39. The van der Waals surface area contributed by atoms with E-state index in [-0.39, 0.29) is 24.7 Å². The maximum Gasteiger partial charge on any atom is 0.252 e. The smallest absolute Gasteiger partial charge is 0.252 e. The van der Waals surface area contributed by atoms with Gasteiger partial charge in [0, 0.05) is 23.0 Å². The van der Waals surface area contributed by atoms with E-state index in [2.05, 4.69) is 25.5 Å². The Labute approximate surface area is 159 Å². The average Bonchev–Trinajstić information content (AvgIpc) is 3.27. The van der Waals surface area contributed by atoms with Gasteiger partial charge in [-0.15, -0.1) is 5.10 Å². The fraction of sp³-hybridized carbons (Fsp3) is 0.211. The number of nitrogens with one attached hydrogen (secondary N) is 1. The zero-order valence-corrected chi connectivity index (χ0v) is 15.3.